The number of rotatable bonds is 4. The first-order chi connectivity index (χ1) is 6.59. The average molecular weight is 196 g/mol. The van der Waals surface area contributed by atoms with E-state index < -0.39 is 12.1 Å². The molecule has 0 aliphatic rings. The zero-order valence-electron chi connectivity index (χ0n) is 7.80. The lowest BCUT2D eigenvalue weighted by Gasteiger charge is -2.08. The minimum Gasteiger partial charge on any atom is -0.508 e. The van der Waals surface area contributed by atoms with Crippen molar-refractivity contribution in [2.45, 2.75) is 19.6 Å². The van der Waals surface area contributed by atoms with Crippen LogP contribution in [0.5, 0.6) is 5.75 Å². The van der Waals surface area contributed by atoms with Gasteiger partial charge in [-0.05, 0) is 24.6 Å². The van der Waals surface area contributed by atoms with E-state index in [1.165, 1.54) is 13.0 Å². The molecule has 0 saturated heterocycles. The molecule has 0 bridgehead atoms. The van der Waals surface area contributed by atoms with Gasteiger partial charge in [0.1, 0.15) is 5.75 Å². The van der Waals surface area contributed by atoms with Crippen molar-refractivity contribution in [3.8, 4) is 5.75 Å². The second-order valence-corrected chi connectivity index (χ2v) is 2.96. The normalized spacial score (nSPS) is 12.4. The van der Waals surface area contributed by atoms with E-state index in [0.717, 1.165) is 5.56 Å². The van der Waals surface area contributed by atoms with Crippen molar-refractivity contribution >= 4 is 5.97 Å². The number of phenols is 1. The quantitative estimate of drug-likeness (QED) is 0.763. The molecule has 0 aliphatic heterocycles. The largest absolute Gasteiger partial charge is 0.508 e. The topological polar surface area (TPSA) is 66.8 Å². The van der Waals surface area contributed by atoms with E-state index in [0.29, 0.717) is 0 Å². The molecule has 0 fully saturated rings. The van der Waals surface area contributed by atoms with Crippen LogP contribution in [0.2, 0.25) is 0 Å². The molecule has 14 heavy (non-hydrogen) atoms. The van der Waals surface area contributed by atoms with E-state index in [1.807, 2.05) is 0 Å². The number of carboxylic acid groups (broad SMARTS) is 1. The molecule has 0 amide bonds. The Morgan fingerprint density at radius 2 is 2.29 bits per heavy atom. The molecule has 2 N–H and O–H groups in total. The van der Waals surface area contributed by atoms with Crippen molar-refractivity contribution in [2.75, 3.05) is 0 Å². The number of carboxylic acids is 1. The Morgan fingerprint density at radius 1 is 1.57 bits per heavy atom. The average Bonchev–Trinajstić information content (AvgIpc) is 2.14. The third-order valence-corrected chi connectivity index (χ3v) is 1.76. The Morgan fingerprint density at radius 3 is 2.86 bits per heavy atom. The zero-order chi connectivity index (χ0) is 10.6. The number of ether oxygens (including phenoxy) is 1. The third kappa shape index (κ3) is 3.06. The molecular weight excluding hydrogens is 184 g/mol. The SMILES string of the molecule is CC(OCc1cccc(O)c1)C(=O)O. The summed E-state index contributed by atoms with van der Waals surface area (Å²) in [6.07, 6.45) is -0.836. The molecule has 1 aromatic rings. The van der Waals surface area contributed by atoms with E-state index in [1.54, 1.807) is 18.2 Å². The maximum Gasteiger partial charge on any atom is 0.332 e. The number of hydrogen-bond acceptors (Lipinski definition) is 3. The Kier molecular flexibility index (Phi) is 3.48. The number of aliphatic carboxylic acids is 1. The molecule has 0 saturated carbocycles. The maximum absolute atomic E-state index is 10.4. The molecule has 0 heterocycles. The van der Waals surface area contributed by atoms with Gasteiger partial charge < -0.3 is 14.9 Å². The highest BCUT2D eigenvalue weighted by molar-refractivity contribution is 5.71. The standard InChI is InChI=1S/C10H12O4/c1-7(10(12)13)14-6-8-3-2-4-9(11)5-8/h2-5,7,11H,6H2,1H3,(H,12,13). The molecule has 1 rings (SSSR count). The van der Waals surface area contributed by atoms with Gasteiger partial charge in [0.25, 0.3) is 0 Å². The van der Waals surface area contributed by atoms with Gasteiger partial charge in [0, 0.05) is 0 Å². The fraction of sp³-hybridized carbons (Fsp3) is 0.300. The molecule has 4 heteroatoms. The minimum absolute atomic E-state index is 0.147. The fourth-order valence-electron chi connectivity index (χ4n) is 0.939. The van der Waals surface area contributed by atoms with Gasteiger partial charge in [-0.25, -0.2) is 4.79 Å². The molecule has 1 unspecified atom stereocenters. The molecule has 0 spiro atoms. The van der Waals surface area contributed by atoms with Gasteiger partial charge in [0.2, 0.25) is 0 Å². The van der Waals surface area contributed by atoms with E-state index in [4.69, 9.17) is 14.9 Å². The fourth-order valence-corrected chi connectivity index (χ4v) is 0.939. The van der Waals surface area contributed by atoms with E-state index in [9.17, 15) is 4.79 Å². The molecule has 1 aromatic carbocycles. The van der Waals surface area contributed by atoms with Crippen LogP contribution in [0.3, 0.4) is 0 Å². The van der Waals surface area contributed by atoms with Gasteiger partial charge in [0.05, 0.1) is 6.61 Å². The monoisotopic (exact) mass is 196 g/mol. The number of hydrogen-bond donors (Lipinski definition) is 2. The third-order valence-electron chi connectivity index (χ3n) is 1.76. The van der Waals surface area contributed by atoms with Crippen LogP contribution in [0, 0.1) is 0 Å². The van der Waals surface area contributed by atoms with Crippen molar-refractivity contribution in [1.82, 2.24) is 0 Å². The van der Waals surface area contributed by atoms with Gasteiger partial charge in [-0.1, -0.05) is 12.1 Å². The number of carbonyl (C=O) groups is 1. The highest BCUT2D eigenvalue weighted by atomic mass is 16.5. The molecule has 0 radical (unpaired) electrons. The molecule has 1 atom stereocenters. The van der Waals surface area contributed by atoms with Crippen LogP contribution in [-0.4, -0.2) is 22.3 Å². The van der Waals surface area contributed by atoms with Crippen LogP contribution in [-0.2, 0) is 16.1 Å². The van der Waals surface area contributed by atoms with Crippen LogP contribution in [0.25, 0.3) is 0 Å². The van der Waals surface area contributed by atoms with Crippen LogP contribution in [0.4, 0.5) is 0 Å². The molecule has 0 aliphatic carbocycles. The Bertz CT molecular complexity index is 322. The Balaban J connectivity index is 2.49. The van der Waals surface area contributed by atoms with Gasteiger partial charge in [-0.15, -0.1) is 0 Å². The Hall–Kier alpha value is -1.55. The number of phenolic OH excluding ortho intramolecular Hbond substituents is 1. The second kappa shape index (κ2) is 4.62. The lowest BCUT2D eigenvalue weighted by atomic mass is 10.2. The zero-order valence-corrected chi connectivity index (χ0v) is 7.80. The lowest BCUT2D eigenvalue weighted by molar-refractivity contribution is -0.149. The van der Waals surface area contributed by atoms with Crippen molar-refractivity contribution in [1.29, 1.82) is 0 Å². The first-order valence-electron chi connectivity index (χ1n) is 4.22. The lowest BCUT2D eigenvalue weighted by Crippen LogP contribution is -2.19. The van der Waals surface area contributed by atoms with Gasteiger partial charge in [-0.2, -0.15) is 0 Å². The van der Waals surface area contributed by atoms with Gasteiger partial charge in [-0.3, -0.25) is 0 Å². The predicted molar refractivity (Wildman–Crippen MR) is 50.0 cm³/mol. The molecule has 4 nitrogen and oxygen atoms in total. The summed E-state index contributed by atoms with van der Waals surface area (Å²) < 4.78 is 5.03. The maximum atomic E-state index is 10.4. The summed E-state index contributed by atoms with van der Waals surface area (Å²) in [5.74, 6) is -0.848. The summed E-state index contributed by atoms with van der Waals surface area (Å²) in [5, 5.41) is 17.7. The highest BCUT2D eigenvalue weighted by Crippen LogP contribution is 2.12. The molecule has 0 aromatic heterocycles. The second-order valence-electron chi connectivity index (χ2n) is 2.96. The minimum atomic E-state index is -0.995. The van der Waals surface area contributed by atoms with Crippen molar-refractivity contribution < 1.29 is 19.7 Å². The van der Waals surface area contributed by atoms with Gasteiger partial charge in [0.15, 0.2) is 6.10 Å². The summed E-state index contributed by atoms with van der Waals surface area (Å²) in [6, 6.07) is 6.52. The molecule has 76 valence electrons. The summed E-state index contributed by atoms with van der Waals surface area (Å²) in [6.45, 7) is 1.65. The first-order valence-corrected chi connectivity index (χ1v) is 4.22. The smallest absolute Gasteiger partial charge is 0.332 e. The van der Waals surface area contributed by atoms with Crippen molar-refractivity contribution in [3.63, 3.8) is 0 Å². The van der Waals surface area contributed by atoms with Gasteiger partial charge >= 0.3 is 5.97 Å². The van der Waals surface area contributed by atoms with Crippen LogP contribution in [0.1, 0.15) is 12.5 Å². The summed E-state index contributed by atoms with van der Waals surface area (Å²) >= 11 is 0. The molecular formula is C10H12O4. The van der Waals surface area contributed by atoms with E-state index in [-0.39, 0.29) is 12.4 Å². The predicted octanol–water partition coefficient (Wildman–Crippen LogP) is 1.38. The van der Waals surface area contributed by atoms with Crippen LogP contribution >= 0.6 is 0 Å². The summed E-state index contributed by atoms with van der Waals surface area (Å²) in [4.78, 5) is 10.4. The van der Waals surface area contributed by atoms with Crippen molar-refractivity contribution in [2.24, 2.45) is 0 Å². The van der Waals surface area contributed by atoms with Crippen LogP contribution < -0.4 is 0 Å². The number of aromatic hydroxyl groups is 1. The summed E-state index contributed by atoms with van der Waals surface area (Å²) in [5.41, 5.74) is 0.748. The highest BCUT2D eigenvalue weighted by Gasteiger charge is 2.10. The summed E-state index contributed by atoms with van der Waals surface area (Å²) in [7, 11) is 0. The van der Waals surface area contributed by atoms with E-state index in [2.05, 4.69) is 0 Å². The first kappa shape index (κ1) is 10.5. The Labute approximate surface area is 81.8 Å². The number of benzene rings is 1. The van der Waals surface area contributed by atoms with Crippen molar-refractivity contribution in [3.05, 3.63) is 29.8 Å². The van der Waals surface area contributed by atoms with E-state index >= 15 is 0 Å². The van der Waals surface area contributed by atoms with Crippen LogP contribution in [0.15, 0.2) is 24.3 Å².